The number of benzene rings is 2. The monoisotopic (exact) mass is 393 g/mol. The van der Waals surface area contributed by atoms with Crippen LogP contribution >= 0.6 is 0 Å². The predicted octanol–water partition coefficient (Wildman–Crippen LogP) is 4.60. The predicted molar refractivity (Wildman–Crippen MR) is 111 cm³/mol. The SMILES string of the molecule is CCOc1ccccc1Oc1ccc(CNC(=O)Nc2cccc(OC)c2)cn1. The van der Waals surface area contributed by atoms with Crippen LogP contribution < -0.4 is 24.8 Å². The van der Waals surface area contributed by atoms with Gasteiger partial charge in [-0.3, -0.25) is 0 Å². The lowest BCUT2D eigenvalue weighted by Gasteiger charge is -2.11. The van der Waals surface area contributed by atoms with Crippen molar-refractivity contribution in [2.75, 3.05) is 19.0 Å². The van der Waals surface area contributed by atoms with Gasteiger partial charge in [-0.1, -0.05) is 24.3 Å². The van der Waals surface area contributed by atoms with Crippen molar-refractivity contribution in [3.8, 4) is 23.1 Å². The number of methoxy groups -OCH3 is 1. The van der Waals surface area contributed by atoms with Crippen LogP contribution in [0.5, 0.6) is 23.1 Å². The molecule has 0 fully saturated rings. The standard InChI is InChI=1S/C22H23N3O4/c1-3-28-19-9-4-5-10-20(19)29-21-12-11-16(14-23-21)15-24-22(26)25-17-7-6-8-18(13-17)27-2/h4-14H,3,15H2,1-2H3,(H2,24,25,26). The van der Waals surface area contributed by atoms with E-state index in [-0.39, 0.29) is 6.03 Å². The number of amides is 2. The molecule has 7 nitrogen and oxygen atoms in total. The highest BCUT2D eigenvalue weighted by Gasteiger charge is 2.07. The average Bonchev–Trinajstić information content (AvgIpc) is 2.75. The summed E-state index contributed by atoms with van der Waals surface area (Å²) in [6.45, 7) is 2.80. The summed E-state index contributed by atoms with van der Waals surface area (Å²) < 4.78 is 16.5. The van der Waals surface area contributed by atoms with Gasteiger partial charge in [-0.25, -0.2) is 9.78 Å². The third kappa shape index (κ3) is 5.87. The first-order valence-electron chi connectivity index (χ1n) is 9.21. The van der Waals surface area contributed by atoms with Crippen molar-refractivity contribution < 1.29 is 19.0 Å². The molecule has 0 aliphatic rings. The number of urea groups is 1. The van der Waals surface area contributed by atoms with Gasteiger partial charge in [-0.15, -0.1) is 0 Å². The first-order valence-corrected chi connectivity index (χ1v) is 9.21. The van der Waals surface area contributed by atoms with Crippen LogP contribution in [0.4, 0.5) is 10.5 Å². The van der Waals surface area contributed by atoms with E-state index >= 15 is 0 Å². The third-order valence-electron chi connectivity index (χ3n) is 3.94. The molecular weight excluding hydrogens is 370 g/mol. The number of carbonyl (C=O) groups excluding carboxylic acids is 1. The summed E-state index contributed by atoms with van der Waals surface area (Å²) in [5, 5.41) is 5.55. The molecule has 3 rings (SSSR count). The van der Waals surface area contributed by atoms with Gasteiger partial charge in [0, 0.05) is 30.6 Å². The lowest BCUT2D eigenvalue weighted by Crippen LogP contribution is -2.28. The van der Waals surface area contributed by atoms with Crippen LogP contribution in [0.1, 0.15) is 12.5 Å². The molecule has 0 aliphatic heterocycles. The molecule has 1 aromatic heterocycles. The highest BCUT2D eigenvalue weighted by Crippen LogP contribution is 2.30. The number of aromatic nitrogens is 1. The van der Waals surface area contributed by atoms with Gasteiger partial charge >= 0.3 is 6.03 Å². The number of nitrogens with zero attached hydrogens (tertiary/aromatic N) is 1. The molecule has 0 atom stereocenters. The van der Waals surface area contributed by atoms with E-state index in [1.54, 1.807) is 37.6 Å². The van der Waals surface area contributed by atoms with E-state index < -0.39 is 0 Å². The zero-order valence-corrected chi connectivity index (χ0v) is 16.3. The molecular formula is C22H23N3O4. The Kier molecular flexibility index (Phi) is 6.89. The molecule has 0 aliphatic carbocycles. The van der Waals surface area contributed by atoms with Crippen LogP contribution in [-0.2, 0) is 6.54 Å². The van der Waals surface area contributed by atoms with E-state index in [0.717, 1.165) is 5.56 Å². The van der Waals surface area contributed by atoms with Crippen molar-refractivity contribution in [1.82, 2.24) is 10.3 Å². The zero-order chi connectivity index (χ0) is 20.5. The molecule has 0 spiro atoms. The molecule has 0 bridgehead atoms. The highest BCUT2D eigenvalue weighted by atomic mass is 16.5. The van der Waals surface area contributed by atoms with Crippen LogP contribution in [0, 0.1) is 0 Å². The van der Waals surface area contributed by atoms with Gasteiger partial charge in [-0.2, -0.15) is 0 Å². The molecule has 0 radical (unpaired) electrons. The summed E-state index contributed by atoms with van der Waals surface area (Å²) in [7, 11) is 1.58. The minimum Gasteiger partial charge on any atom is -0.497 e. The van der Waals surface area contributed by atoms with E-state index in [1.165, 1.54) is 0 Å². The minimum absolute atomic E-state index is 0.316. The summed E-state index contributed by atoms with van der Waals surface area (Å²) >= 11 is 0. The Morgan fingerprint density at radius 3 is 2.59 bits per heavy atom. The maximum Gasteiger partial charge on any atom is 0.319 e. The minimum atomic E-state index is -0.316. The van der Waals surface area contributed by atoms with Crippen LogP contribution in [0.2, 0.25) is 0 Å². The van der Waals surface area contributed by atoms with Crippen LogP contribution in [-0.4, -0.2) is 24.7 Å². The number of para-hydroxylation sites is 2. The third-order valence-corrected chi connectivity index (χ3v) is 3.94. The van der Waals surface area contributed by atoms with Crippen molar-refractivity contribution in [2.24, 2.45) is 0 Å². The smallest absolute Gasteiger partial charge is 0.319 e. The average molecular weight is 393 g/mol. The molecule has 2 aromatic carbocycles. The lowest BCUT2D eigenvalue weighted by atomic mass is 10.3. The van der Waals surface area contributed by atoms with Gasteiger partial charge in [0.25, 0.3) is 0 Å². The highest BCUT2D eigenvalue weighted by molar-refractivity contribution is 5.89. The van der Waals surface area contributed by atoms with Crippen molar-refractivity contribution >= 4 is 11.7 Å². The van der Waals surface area contributed by atoms with Gasteiger partial charge in [0.05, 0.1) is 13.7 Å². The maximum atomic E-state index is 12.1. The van der Waals surface area contributed by atoms with Gasteiger partial charge in [0.2, 0.25) is 5.88 Å². The van der Waals surface area contributed by atoms with Gasteiger partial charge in [0.15, 0.2) is 11.5 Å². The fourth-order valence-corrected chi connectivity index (χ4v) is 2.56. The quantitative estimate of drug-likeness (QED) is 0.584. The summed E-state index contributed by atoms with van der Waals surface area (Å²) in [5.74, 6) is 2.39. The Hall–Kier alpha value is -3.74. The normalized spacial score (nSPS) is 10.1. The molecule has 150 valence electrons. The Bertz CT molecular complexity index is 945. The largest absolute Gasteiger partial charge is 0.497 e. The Morgan fingerprint density at radius 1 is 1.03 bits per heavy atom. The second-order valence-electron chi connectivity index (χ2n) is 6.03. The first kappa shape index (κ1) is 20.0. The first-order chi connectivity index (χ1) is 14.2. The number of anilines is 1. The maximum absolute atomic E-state index is 12.1. The van der Waals surface area contributed by atoms with Gasteiger partial charge in [-0.05, 0) is 36.8 Å². The van der Waals surface area contributed by atoms with E-state index in [0.29, 0.717) is 42.0 Å². The van der Waals surface area contributed by atoms with Crippen LogP contribution in [0.15, 0.2) is 66.9 Å². The summed E-state index contributed by atoms with van der Waals surface area (Å²) in [6, 6.07) is 17.9. The van der Waals surface area contributed by atoms with Crippen LogP contribution in [0.3, 0.4) is 0 Å². The fourth-order valence-electron chi connectivity index (χ4n) is 2.56. The second kappa shape index (κ2) is 9.98. The van der Waals surface area contributed by atoms with E-state index in [9.17, 15) is 4.79 Å². The van der Waals surface area contributed by atoms with Gasteiger partial charge < -0.3 is 24.8 Å². The summed E-state index contributed by atoms with van der Waals surface area (Å²) in [5.41, 5.74) is 1.49. The number of carbonyl (C=O) groups is 1. The van der Waals surface area contributed by atoms with Crippen molar-refractivity contribution in [2.45, 2.75) is 13.5 Å². The Morgan fingerprint density at radius 2 is 1.86 bits per heavy atom. The van der Waals surface area contributed by atoms with Crippen molar-refractivity contribution in [3.05, 3.63) is 72.4 Å². The Labute approximate surface area is 169 Å². The molecule has 1 heterocycles. The number of pyridine rings is 1. The number of nitrogens with one attached hydrogen (secondary N) is 2. The number of hydrogen-bond acceptors (Lipinski definition) is 5. The van der Waals surface area contributed by atoms with E-state index in [4.69, 9.17) is 14.2 Å². The summed E-state index contributed by atoms with van der Waals surface area (Å²) in [4.78, 5) is 16.4. The van der Waals surface area contributed by atoms with E-state index in [2.05, 4.69) is 15.6 Å². The molecule has 2 N–H and O–H groups in total. The molecule has 7 heteroatoms. The second-order valence-corrected chi connectivity index (χ2v) is 6.03. The van der Waals surface area contributed by atoms with Crippen molar-refractivity contribution in [1.29, 1.82) is 0 Å². The van der Waals surface area contributed by atoms with E-state index in [1.807, 2.05) is 43.3 Å². The Balaban J connectivity index is 1.53. The van der Waals surface area contributed by atoms with Crippen LogP contribution in [0.25, 0.3) is 0 Å². The molecule has 29 heavy (non-hydrogen) atoms. The number of ether oxygens (including phenoxy) is 3. The zero-order valence-electron chi connectivity index (χ0n) is 16.3. The molecule has 0 saturated heterocycles. The lowest BCUT2D eigenvalue weighted by molar-refractivity contribution is 0.251. The molecule has 2 amide bonds. The topological polar surface area (TPSA) is 81.7 Å². The molecule has 0 unspecified atom stereocenters. The van der Waals surface area contributed by atoms with Crippen molar-refractivity contribution in [3.63, 3.8) is 0 Å². The number of hydrogen-bond donors (Lipinski definition) is 2. The number of rotatable bonds is 8. The molecule has 0 saturated carbocycles. The van der Waals surface area contributed by atoms with Gasteiger partial charge in [0.1, 0.15) is 5.75 Å². The summed E-state index contributed by atoms with van der Waals surface area (Å²) in [6.07, 6.45) is 1.66. The molecule has 3 aromatic rings. The fraction of sp³-hybridized carbons (Fsp3) is 0.182.